The molecule has 0 saturated heterocycles. The van der Waals surface area contributed by atoms with Crippen LogP contribution in [-0.4, -0.2) is 10.8 Å². The predicted molar refractivity (Wildman–Crippen MR) is 84.1 cm³/mol. The standard InChI is InChI=1S/C16H15BrN2O2/c1-10-5-14(17)16(18-9-10)19-12-6-11(7-13(20)8-12)15-3-2-4-21-15/h2-5,8-9,11H,6-7H2,1H3,(H,18,19). The van der Waals surface area contributed by atoms with Gasteiger partial charge in [-0.25, -0.2) is 4.98 Å². The molecule has 0 bridgehead atoms. The SMILES string of the molecule is Cc1cnc(NC2=CC(=O)CC(c3ccco3)C2)c(Br)c1. The average molecular weight is 347 g/mol. The zero-order valence-corrected chi connectivity index (χ0v) is 13.2. The maximum Gasteiger partial charge on any atom is 0.158 e. The van der Waals surface area contributed by atoms with E-state index in [0.29, 0.717) is 6.42 Å². The molecule has 4 nitrogen and oxygen atoms in total. The Labute approximate surface area is 131 Å². The largest absolute Gasteiger partial charge is 0.469 e. The van der Waals surface area contributed by atoms with Crippen LogP contribution in [0.25, 0.3) is 0 Å². The van der Waals surface area contributed by atoms with Crippen LogP contribution in [0.2, 0.25) is 0 Å². The summed E-state index contributed by atoms with van der Waals surface area (Å²) in [5.41, 5.74) is 1.94. The van der Waals surface area contributed by atoms with Crippen LogP contribution in [-0.2, 0) is 4.79 Å². The summed E-state index contributed by atoms with van der Waals surface area (Å²) in [7, 11) is 0. The number of hydrogen-bond donors (Lipinski definition) is 1. The van der Waals surface area contributed by atoms with E-state index in [4.69, 9.17) is 4.42 Å². The number of aryl methyl sites for hydroxylation is 1. The number of anilines is 1. The van der Waals surface area contributed by atoms with Crippen molar-refractivity contribution in [2.24, 2.45) is 0 Å². The first-order valence-electron chi connectivity index (χ1n) is 6.78. The molecular formula is C16H15BrN2O2. The number of pyridine rings is 1. The smallest absolute Gasteiger partial charge is 0.158 e. The van der Waals surface area contributed by atoms with Crippen molar-refractivity contribution in [3.05, 3.63) is 58.2 Å². The van der Waals surface area contributed by atoms with Gasteiger partial charge in [0.2, 0.25) is 0 Å². The fourth-order valence-corrected chi connectivity index (χ4v) is 3.04. The van der Waals surface area contributed by atoms with Crippen LogP contribution in [0.5, 0.6) is 0 Å². The van der Waals surface area contributed by atoms with Crippen LogP contribution in [0, 0.1) is 6.92 Å². The molecule has 0 spiro atoms. The number of halogens is 1. The Balaban J connectivity index is 1.80. The van der Waals surface area contributed by atoms with E-state index in [1.807, 2.05) is 25.1 Å². The minimum atomic E-state index is 0.0872. The molecule has 21 heavy (non-hydrogen) atoms. The fraction of sp³-hybridized carbons (Fsp3) is 0.250. The summed E-state index contributed by atoms with van der Waals surface area (Å²) in [4.78, 5) is 16.3. The molecular weight excluding hydrogens is 332 g/mol. The maximum atomic E-state index is 11.9. The van der Waals surface area contributed by atoms with E-state index in [9.17, 15) is 4.79 Å². The zero-order valence-electron chi connectivity index (χ0n) is 11.6. The van der Waals surface area contributed by atoms with E-state index in [1.54, 1.807) is 18.5 Å². The molecule has 0 amide bonds. The number of allylic oxidation sites excluding steroid dienone is 2. The van der Waals surface area contributed by atoms with Crippen LogP contribution < -0.4 is 5.32 Å². The minimum absolute atomic E-state index is 0.0872. The number of nitrogens with one attached hydrogen (secondary N) is 1. The van der Waals surface area contributed by atoms with E-state index >= 15 is 0 Å². The van der Waals surface area contributed by atoms with Crippen LogP contribution in [0.4, 0.5) is 5.82 Å². The van der Waals surface area contributed by atoms with Crippen LogP contribution in [0.3, 0.4) is 0 Å². The highest BCUT2D eigenvalue weighted by Crippen LogP contribution is 2.33. The average Bonchev–Trinajstić information content (AvgIpc) is 2.95. The molecule has 1 aliphatic carbocycles. The van der Waals surface area contributed by atoms with Crippen LogP contribution in [0.15, 0.2) is 51.3 Å². The summed E-state index contributed by atoms with van der Waals surface area (Å²) < 4.78 is 6.31. The molecule has 0 fully saturated rings. The molecule has 2 aromatic heterocycles. The van der Waals surface area contributed by atoms with E-state index in [-0.39, 0.29) is 11.7 Å². The van der Waals surface area contributed by atoms with Gasteiger partial charge < -0.3 is 9.73 Å². The van der Waals surface area contributed by atoms with Gasteiger partial charge in [-0.1, -0.05) is 0 Å². The van der Waals surface area contributed by atoms with Gasteiger partial charge in [-0.05, 0) is 53.0 Å². The molecule has 1 unspecified atom stereocenters. The molecule has 0 saturated carbocycles. The highest BCUT2D eigenvalue weighted by molar-refractivity contribution is 9.10. The van der Waals surface area contributed by atoms with Crippen molar-refractivity contribution >= 4 is 27.5 Å². The second kappa shape index (κ2) is 5.85. The highest BCUT2D eigenvalue weighted by atomic mass is 79.9. The number of carbonyl (C=O) groups is 1. The number of furan rings is 1. The Hall–Kier alpha value is -1.88. The second-order valence-electron chi connectivity index (χ2n) is 5.22. The third-order valence-corrected chi connectivity index (χ3v) is 4.06. The summed E-state index contributed by atoms with van der Waals surface area (Å²) >= 11 is 3.49. The van der Waals surface area contributed by atoms with Crippen molar-refractivity contribution in [2.45, 2.75) is 25.7 Å². The number of ketones is 1. The summed E-state index contributed by atoms with van der Waals surface area (Å²) in [6, 6.07) is 5.76. The Morgan fingerprint density at radius 1 is 1.43 bits per heavy atom. The van der Waals surface area contributed by atoms with Gasteiger partial charge in [-0.2, -0.15) is 0 Å². The molecule has 0 radical (unpaired) electrons. The third-order valence-electron chi connectivity index (χ3n) is 3.45. The number of nitrogens with zero attached hydrogens (tertiary/aromatic N) is 1. The summed E-state index contributed by atoms with van der Waals surface area (Å²) in [5.74, 6) is 1.77. The molecule has 108 valence electrons. The lowest BCUT2D eigenvalue weighted by Crippen LogP contribution is -2.17. The van der Waals surface area contributed by atoms with Gasteiger partial charge in [0.05, 0.1) is 10.7 Å². The minimum Gasteiger partial charge on any atom is -0.469 e. The molecule has 1 atom stereocenters. The molecule has 3 rings (SSSR count). The summed E-state index contributed by atoms with van der Waals surface area (Å²) in [6.07, 6.45) is 6.32. The Bertz CT molecular complexity index is 692. The normalized spacial score (nSPS) is 18.5. The van der Waals surface area contributed by atoms with Gasteiger partial charge in [-0.15, -0.1) is 0 Å². The molecule has 5 heteroatoms. The summed E-state index contributed by atoms with van der Waals surface area (Å²) in [6.45, 7) is 1.98. The number of rotatable bonds is 3. The van der Waals surface area contributed by atoms with Crippen molar-refractivity contribution in [1.82, 2.24) is 4.98 Å². The van der Waals surface area contributed by atoms with Gasteiger partial charge in [-0.3, -0.25) is 4.79 Å². The van der Waals surface area contributed by atoms with Crippen molar-refractivity contribution < 1.29 is 9.21 Å². The molecule has 0 aromatic carbocycles. The lowest BCUT2D eigenvalue weighted by molar-refractivity contribution is -0.115. The summed E-state index contributed by atoms with van der Waals surface area (Å²) in [5, 5.41) is 3.24. The lowest BCUT2D eigenvalue weighted by atomic mass is 9.89. The topological polar surface area (TPSA) is 55.1 Å². The number of hydrogen-bond acceptors (Lipinski definition) is 4. The Morgan fingerprint density at radius 3 is 3.00 bits per heavy atom. The first-order valence-corrected chi connectivity index (χ1v) is 7.57. The van der Waals surface area contributed by atoms with Gasteiger partial charge in [0, 0.05) is 30.3 Å². The number of carbonyl (C=O) groups excluding carboxylic acids is 1. The molecule has 2 aromatic rings. The van der Waals surface area contributed by atoms with E-state index in [2.05, 4.69) is 26.2 Å². The zero-order chi connectivity index (χ0) is 14.8. The third kappa shape index (κ3) is 3.24. The van der Waals surface area contributed by atoms with E-state index in [0.717, 1.165) is 33.7 Å². The quantitative estimate of drug-likeness (QED) is 0.905. The van der Waals surface area contributed by atoms with Crippen molar-refractivity contribution in [3.63, 3.8) is 0 Å². The van der Waals surface area contributed by atoms with Gasteiger partial charge in [0.25, 0.3) is 0 Å². The molecule has 2 heterocycles. The van der Waals surface area contributed by atoms with E-state index < -0.39 is 0 Å². The first-order chi connectivity index (χ1) is 10.1. The Kier molecular flexibility index (Phi) is 3.92. The maximum absolute atomic E-state index is 11.9. The van der Waals surface area contributed by atoms with Gasteiger partial charge in [0.1, 0.15) is 11.6 Å². The fourth-order valence-electron chi connectivity index (χ4n) is 2.48. The lowest BCUT2D eigenvalue weighted by Gasteiger charge is -2.21. The second-order valence-corrected chi connectivity index (χ2v) is 6.08. The van der Waals surface area contributed by atoms with Crippen LogP contribution >= 0.6 is 15.9 Å². The number of aromatic nitrogens is 1. The van der Waals surface area contributed by atoms with Crippen LogP contribution in [0.1, 0.15) is 30.1 Å². The van der Waals surface area contributed by atoms with Crippen molar-refractivity contribution in [3.8, 4) is 0 Å². The monoisotopic (exact) mass is 346 g/mol. The highest BCUT2D eigenvalue weighted by Gasteiger charge is 2.24. The van der Waals surface area contributed by atoms with E-state index in [1.165, 1.54) is 0 Å². The molecule has 1 N–H and O–H groups in total. The van der Waals surface area contributed by atoms with Gasteiger partial charge >= 0.3 is 0 Å². The van der Waals surface area contributed by atoms with Crippen molar-refractivity contribution in [2.75, 3.05) is 5.32 Å². The molecule has 0 aliphatic heterocycles. The molecule has 1 aliphatic rings. The predicted octanol–water partition coefficient (Wildman–Crippen LogP) is 4.19. The Morgan fingerprint density at radius 2 is 2.29 bits per heavy atom. The first kappa shape index (κ1) is 14.1. The van der Waals surface area contributed by atoms with Gasteiger partial charge in [0.15, 0.2) is 5.78 Å². The van der Waals surface area contributed by atoms with Crippen molar-refractivity contribution in [1.29, 1.82) is 0 Å².